The van der Waals surface area contributed by atoms with Crippen LogP contribution in [0.3, 0.4) is 0 Å². The first-order valence-corrected chi connectivity index (χ1v) is 9.18. The van der Waals surface area contributed by atoms with Crippen LogP contribution >= 0.6 is 15.9 Å². The smallest absolute Gasteiger partial charge is 0.152 e. The van der Waals surface area contributed by atoms with E-state index in [1.165, 1.54) is 0 Å². The topological polar surface area (TPSA) is 63.2 Å². The highest BCUT2D eigenvalue weighted by atomic mass is 79.9. The summed E-state index contributed by atoms with van der Waals surface area (Å²) in [6.07, 6.45) is 0.658. The van der Waals surface area contributed by atoms with E-state index in [0.717, 1.165) is 16.2 Å². The summed E-state index contributed by atoms with van der Waals surface area (Å²) in [7, 11) is -0.998. The quantitative estimate of drug-likeness (QED) is 0.755. The zero-order valence-electron chi connectivity index (χ0n) is 12.2. The minimum atomic E-state index is -2.89. The van der Waals surface area contributed by atoms with Crippen LogP contribution < -0.4 is 4.90 Å². The maximum absolute atomic E-state index is 11.6. The monoisotopic (exact) mass is 361 g/mol. The highest BCUT2D eigenvalue weighted by Gasteiger charge is 2.32. The van der Waals surface area contributed by atoms with Gasteiger partial charge in [-0.25, -0.2) is 18.4 Å². The zero-order chi connectivity index (χ0) is 15.1. The average Bonchev–Trinajstić information content (AvgIpc) is 2.67. The summed E-state index contributed by atoms with van der Waals surface area (Å²) < 4.78 is 23.9. The number of halogens is 1. The summed E-state index contributed by atoms with van der Waals surface area (Å²) in [6, 6.07) is 1.83. The number of rotatable bonds is 2. The number of sulfone groups is 1. The van der Waals surface area contributed by atoms with Crippen LogP contribution in [0.4, 0.5) is 5.82 Å². The largest absolute Gasteiger partial charge is 0.355 e. The van der Waals surface area contributed by atoms with E-state index in [0.29, 0.717) is 6.42 Å². The molecular formula is C13H20BrN3O2S. The highest BCUT2D eigenvalue weighted by molar-refractivity contribution is 9.10. The van der Waals surface area contributed by atoms with Crippen LogP contribution in [0.15, 0.2) is 10.7 Å². The minimum Gasteiger partial charge on any atom is -0.355 e. The molecule has 112 valence electrons. The number of aromatic nitrogens is 2. The molecule has 0 bridgehead atoms. The summed E-state index contributed by atoms with van der Waals surface area (Å²) in [4.78, 5) is 10.9. The van der Waals surface area contributed by atoms with Crippen LogP contribution in [-0.2, 0) is 15.3 Å². The highest BCUT2D eigenvalue weighted by Crippen LogP contribution is 2.26. The Morgan fingerprint density at radius 3 is 2.50 bits per heavy atom. The van der Waals surface area contributed by atoms with E-state index < -0.39 is 9.84 Å². The van der Waals surface area contributed by atoms with Crippen molar-refractivity contribution in [3.05, 3.63) is 16.5 Å². The summed E-state index contributed by atoms with van der Waals surface area (Å²) >= 11 is 3.41. The van der Waals surface area contributed by atoms with Crippen molar-refractivity contribution in [2.24, 2.45) is 0 Å². The molecule has 0 amide bonds. The van der Waals surface area contributed by atoms with Crippen molar-refractivity contribution in [1.82, 2.24) is 9.97 Å². The van der Waals surface area contributed by atoms with Crippen LogP contribution in [0.2, 0.25) is 0 Å². The SMILES string of the molecule is CN(c1cc(Br)nc(C(C)(C)C)n1)C1CCS(=O)(=O)C1. The Morgan fingerprint density at radius 2 is 2.00 bits per heavy atom. The fourth-order valence-corrected chi connectivity index (χ4v) is 4.34. The lowest BCUT2D eigenvalue weighted by atomic mass is 9.96. The van der Waals surface area contributed by atoms with Crippen molar-refractivity contribution in [3.8, 4) is 0 Å². The van der Waals surface area contributed by atoms with Gasteiger partial charge in [0.15, 0.2) is 9.84 Å². The van der Waals surface area contributed by atoms with Crippen molar-refractivity contribution < 1.29 is 8.42 Å². The van der Waals surface area contributed by atoms with E-state index >= 15 is 0 Å². The Morgan fingerprint density at radius 1 is 1.35 bits per heavy atom. The van der Waals surface area contributed by atoms with E-state index in [9.17, 15) is 8.42 Å². The Labute approximate surface area is 128 Å². The van der Waals surface area contributed by atoms with Crippen molar-refractivity contribution in [2.45, 2.75) is 38.6 Å². The van der Waals surface area contributed by atoms with Gasteiger partial charge < -0.3 is 4.90 Å². The van der Waals surface area contributed by atoms with Gasteiger partial charge in [0, 0.05) is 24.6 Å². The molecule has 20 heavy (non-hydrogen) atoms. The fourth-order valence-electron chi connectivity index (χ4n) is 2.19. The lowest BCUT2D eigenvalue weighted by Crippen LogP contribution is -2.34. The van der Waals surface area contributed by atoms with Crippen LogP contribution in [0.1, 0.15) is 33.0 Å². The second kappa shape index (κ2) is 5.26. The molecule has 0 N–H and O–H groups in total. The van der Waals surface area contributed by atoms with Gasteiger partial charge in [0.1, 0.15) is 16.2 Å². The van der Waals surface area contributed by atoms with Crippen molar-refractivity contribution in [3.63, 3.8) is 0 Å². The fraction of sp³-hybridized carbons (Fsp3) is 0.692. The Balaban J connectivity index is 2.31. The molecule has 0 saturated carbocycles. The third-order valence-corrected chi connectivity index (χ3v) is 5.63. The Kier molecular flexibility index (Phi) is 4.12. The molecule has 2 rings (SSSR count). The molecule has 1 aromatic heterocycles. The first kappa shape index (κ1) is 15.7. The second-order valence-corrected chi connectivity index (χ2v) is 9.33. The van der Waals surface area contributed by atoms with Gasteiger partial charge in [0.2, 0.25) is 0 Å². The maximum Gasteiger partial charge on any atom is 0.152 e. The second-order valence-electron chi connectivity index (χ2n) is 6.29. The third-order valence-electron chi connectivity index (χ3n) is 3.47. The molecule has 1 fully saturated rings. The number of hydrogen-bond acceptors (Lipinski definition) is 5. The van der Waals surface area contributed by atoms with E-state index in [2.05, 4.69) is 46.7 Å². The summed E-state index contributed by atoms with van der Waals surface area (Å²) in [5, 5.41) is 0. The molecule has 1 atom stereocenters. The van der Waals surface area contributed by atoms with Crippen LogP contribution in [-0.4, -0.2) is 43.0 Å². The first-order valence-electron chi connectivity index (χ1n) is 6.57. The van der Waals surface area contributed by atoms with Gasteiger partial charge in [-0.05, 0) is 22.4 Å². The third kappa shape index (κ3) is 3.49. The molecule has 5 nitrogen and oxygen atoms in total. The molecule has 0 aliphatic carbocycles. The van der Waals surface area contributed by atoms with E-state index in [-0.39, 0.29) is 23.0 Å². The van der Waals surface area contributed by atoms with Gasteiger partial charge in [-0.2, -0.15) is 0 Å². The molecule has 0 aromatic carbocycles. The van der Waals surface area contributed by atoms with Gasteiger partial charge in [-0.1, -0.05) is 20.8 Å². The zero-order valence-corrected chi connectivity index (χ0v) is 14.6. The predicted octanol–water partition coefficient (Wildman–Crippen LogP) is 2.16. The number of nitrogens with zero attached hydrogens (tertiary/aromatic N) is 3. The molecule has 2 heterocycles. The van der Waals surface area contributed by atoms with Crippen LogP contribution in [0.25, 0.3) is 0 Å². The van der Waals surface area contributed by atoms with Gasteiger partial charge in [0.25, 0.3) is 0 Å². The molecule has 7 heteroatoms. The van der Waals surface area contributed by atoms with Gasteiger partial charge in [0.05, 0.1) is 11.5 Å². The molecule has 0 spiro atoms. The predicted molar refractivity (Wildman–Crippen MR) is 83.9 cm³/mol. The molecule has 1 saturated heterocycles. The molecule has 1 aromatic rings. The Bertz CT molecular complexity index is 611. The lowest BCUT2D eigenvalue weighted by Gasteiger charge is -2.26. The van der Waals surface area contributed by atoms with Gasteiger partial charge in [-0.15, -0.1) is 0 Å². The minimum absolute atomic E-state index is 0.00498. The maximum atomic E-state index is 11.6. The molecular weight excluding hydrogens is 342 g/mol. The van der Waals surface area contributed by atoms with Crippen molar-refractivity contribution >= 4 is 31.6 Å². The van der Waals surface area contributed by atoms with Gasteiger partial charge in [-0.3, -0.25) is 0 Å². The molecule has 0 radical (unpaired) electrons. The van der Waals surface area contributed by atoms with E-state index in [1.54, 1.807) is 0 Å². The summed E-state index contributed by atoms with van der Waals surface area (Å²) in [5.74, 6) is 1.98. The standard InChI is InChI=1S/C13H20BrN3O2S/c1-13(2,3)12-15-10(14)7-11(16-12)17(4)9-5-6-20(18,19)8-9/h7,9H,5-6,8H2,1-4H3. The average molecular weight is 362 g/mol. The summed E-state index contributed by atoms with van der Waals surface area (Å²) in [5.41, 5.74) is -0.152. The lowest BCUT2D eigenvalue weighted by molar-refractivity contribution is 0.541. The number of hydrogen-bond donors (Lipinski definition) is 0. The summed E-state index contributed by atoms with van der Waals surface area (Å²) in [6.45, 7) is 6.16. The Hall–Kier alpha value is -0.690. The molecule has 1 aliphatic heterocycles. The van der Waals surface area contributed by atoms with Crippen LogP contribution in [0.5, 0.6) is 0 Å². The van der Waals surface area contributed by atoms with Crippen molar-refractivity contribution in [1.29, 1.82) is 0 Å². The molecule has 1 unspecified atom stereocenters. The first-order chi connectivity index (χ1) is 9.08. The van der Waals surface area contributed by atoms with E-state index in [4.69, 9.17) is 0 Å². The van der Waals surface area contributed by atoms with E-state index in [1.807, 2.05) is 18.0 Å². The number of anilines is 1. The normalized spacial score (nSPS) is 21.9. The van der Waals surface area contributed by atoms with Crippen LogP contribution in [0, 0.1) is 0 Å². The van der Waals surface area contributed by atoms with Crippen molar-refractivity contribution in [2.75, 3.05) is 23.5 Å². The molecule has 1 aliphatic rings. The van der Waals surface area contributed by atoms with Gasteiger partial charge >= 0.3 is 0 Å².